The Labute approximate surface area is 133 Å². The van der Waals surface area contributed by atoms with E-state index in [1.54, 1.807) is 27.5 Å². The molecule has 0 spiro atoms. The number of hydrogen-bond acceptors (Lipinski definition) is 0. The summed E-state index contributed by atoms with van der Waals surface area (Å²) in [5.41, 5.74) is 9.32. The van der Waals surface area contributed by atoms with Gasteiger partial charge in [0, 0.05) is 5.04 Å². The largest absolute Gasteiger partial charge is 0.0706 e. The van der Waals surface area contributed by atoms with E-state index < -0.39 is 0 Å². The summed E-state index contributed by atoms with van der Waals surface area (Å²) in [5.74, 6) is 0. The molecule has 1 aliphatic rings. The summed E-state index contributed by atoms with van der Waals surface area (Å²) in [7, 11) is -0.369. The third-order valence-electron chi connectivity index (χ3n) is 5.41. The zero-order chi connectivity index (χ0) is 15.8. The molecule has 1 aromatic carbocycles. The second-order valence-corrected chi connectivity index (χ2v) is 9.69. The molecule has 0 saturated carbocycles. The van der Waals surface area contributed by atoms with Crippen molar-refractivity contribution in [3.8, 4) is 0 Å². The van der Waals surface area contributed by atoms with Crippen molar-refractivity contribution < 1.29 is 0 Å². The summed E-state index contributed by atoms with van der Waals surface area (Å²) in [4.78, 5) is 0. The van der Waals surface area contributed by atoms with Gasteiger partial charge in [0.15, 0.2) is 0 Å². The van der Waals surface area contributed by atoms with Crippen LogP contribution < -0.4 is 5.19 Å². The van der Waals surface area contributed by atoms with Gasteiger partial charge in [-0.15, -0.1) is 0 Å². The van der Waals surface area contributed by atoms with E-state index in [4.69, 9.17) is 0 Å². The standard InChI is InChI=1S/C20H30Si/c1-8-9-19-16(5)15(4)17(6)20(19,7)21-18-11-13(2)10-14(3)12-18/h10-12H,8-9,21H2,1-7H3. The molecule has 1 unspecified atom stereocenters. The van der Waals surface area contributed by atoms with Gasteiger partial charge in [-0.2, -0.15) is 0 Å². The van der Waals surface area contributed by atoms with Gasteiger partial charge in [0.2, 0.25) is 0 Å². The van der Waals surface area contributed by atoms with Gasteiger partial charge in [-0.05, 0) is 52.2 Å². The fourth-order valence-corrected chi connectivity index (χ4v) is 6.94. The van der Waals surface area contributed by atoms with Crippen LogP contribution in [0.2, 0.25) is 5.04 Å². The monoisotopic (exact) mass is 298 g/mol. The number of benzene rings is 1. The number of rotatable bonds is 4. The molecule has 0 aliphatic heterocycles. The minimum atomic E-state index is -0.369. The van der Waals surface area contributed by atoms with E-state index in [0.29, 0.717) is 5.04 Å². The molecule has 0 bridgehead atoms. The molecule has 0 fully saturated rings. The van der Waals surface area contributed by atoms with Crippen molar-refractivity contribution in [3.05, 3.63) is 51.6 Å². The van der Waals surface area contributed by atoms with E-state index >= 15 is 0 Å². The van der Waals surface area contributed by atoms with Crippen LogP contribution in [0.3, 0.4) is 0 Å². The van der Waals surface area contributed by atoms with Crippen LogP contribution >= 0.6 is 0 Å². The zero-order valence-electron chi connectivity index (χ0n) is 14.9. The Bertz CT molecular complexity index is 598. The molecule has 0 nitrogen and oxygen atoms in total. The molecular formula is C20H30Si. The third-order valence-corrected chi connectivity index (χ3v) is 7.89. The summed E-state index contributed by atoms with van der Waals surface area (Å²) in [6, 6.07) is 7.13. The van der Waals surface area contributed by atoms with Crippen molar-refractivity contribution in [2.45, 2.75) is 66.3 Å². The third kappa shape index (κ3) is 2.94. The van der Waals surface area contributed by atoms with Gasteiger partial charge in [0.05, 0.1) is 9.52 Å². The molecule has 0 saturated heterocycles. The van der Waals surface area contributed by atoms with E-state index in [-0.39, 0.29) is 9.52 Å². The summed E-state index contributed by atoms with van der Waals surface area (Å²) < 4.78 is 0. The Kier molecular flexibility index (Phi) is 4.62. The lowest BCUT2D eigenvalue weighted by atomic mass is 9.93. The Morgan fingerprint density at radius 1 is 0.905 bits per heavy atom. The van der Waals surface area contributed by atoms with Crippen LogP contribution in [0.25, 0.3) is 0 Å². The van der Waals surface area contributed by atoms with Gasteiger partial charge in [0.25, 0.3) is 0 Å². The number of aryl methyl sites for hydroxylation is 2. The lowest BCUT2D eigenvalue weighted by Gasteiger charge is -2.31. The van der Waals surface area contributed by atoms with Crippen molar-refractivity contribution >= 4 is 14.7 Å². The van der Waals surface area contributed by atoms with Crippen molar-refractivity contribution in [2.75, 3.05) is 0 Å². The van der Waals surface area contributed by atoms with Gasteiger partial charge < -0.3 is 0 Å². The van der Waals surface area contributed by atoms with E-state index in [1.165, 1.54) is 24.0 Å². The average Bonchev–Trinajstić information content (AvgIpc) is 2.54. The van der Waals surface area contributed by atoms with Crippen molar-refractivity contribution in [1.29, 1.82) is 0 Å². The van der Waals surface area contributed by atoms with Crippen molar-refractivity contribution in [2.24, 2.45) is 0 Å². The maximum Gasteiger partial charge on any atom is 0.0706 e. The summed E-state index contributed by atoms with van der Waals surface area (Å²) in [6.45, 7) is 16.3. The molecular weight excluding hydrogens is 268 g/mol. The van der Waals surface area contributed by atoms with E-state index in [0.717, 1.165) is 0 Å². The molecule has 0 amide bonds. The lowest BCUT2D eigenvalue weighted by Crippen LogP contribution is -2.30. The number of allylic oxidation sites excluding steroid dienone is 4. The summed E-state index contributed by atoms with van der Waals surface area (Å²) >= 11 is 0. The number of hydrogen-bond donors (Lipinski definition) is 0. The van der Waals surface area contributed by atoms with Crippen molar-refractivity contribution in [3.63, 3.8) is 0 Å². The first-order valence-electron chi connectivity index (χ1n) is 8.25. The predicted octanol–water partition coefficient (Wildman–Crippen LogP) is 4.74. The molecule has 0 radical (unpaired) electrons. The lowest BCUT2D eigenvalue weighted by molar-refractivity contribution is 0.750. The van der Waals surface area contributed by atoms with Crippen LogP contribution in [0.15, 0.2) is 40.5 Å². The van der Waals surface area contributed by atoms with Gasteiger partial charge in [0.1, 0.15) is 0 Å². The molecule has 1 aliphatic carbocycles. The van der Waals surface area contributed by atoms with Gasteiger partial charge >= 0.3 is 0 Å². The molecule has 0 N–H and O–H groups in total. The van der Waals surface area contributed by atoms with E-state index in [9.17, 15) is 0 Å². The molecule has 0 heterocycles. The van der Waals surface area contributed by atoms with Crippen molar-refractivity contribution in [1.82, 2.24) is 0 Å². The topological polar surface area (TPSA) is 0 Å². The molecule has 1 heteroatoms. The highest BCUT2D eigenvalue weighted by Gasteiger charge is 2.38. The molecule has 1 aromatic rings. The Morgan fingerprint density at radius 2 is 1.48 bits per heavy atom. The zero-order valence-corrected chi connectivity index (χ0v) is 16.3. The average molecular weight is 299 g/mol. The van der Waals surface area contributed by atoms with Crippen LogP contribution in [0, 0.1) is 13.8 Å². The maximum atomic E-state index is 2.51. The highest BCUT2D eigenvalue weighted by atomic mass is 28.2. The van der Waals surface area contributed by atoms with Crippen LogP contribution in [-0.2, 0) is 0 Å². The molecule has 2 rings (SSSR count). The minimum absolute atomic E-state index is 0.352. The fourth-order valence-electron chi connectivity index (χ4n) is 4.09. The van der Waals surface area contributed by atoms with Crippen LogP contribution in [0.4, 0.5) is 0 Å². The first kappa shape index (κ1) is 16.3. The van der Waals surface area contributed by atoms with Crippen LogP contribution in [-0.4, -0.2) is 9.52 Å². The summed E-state index contributed by atoms with van der Waals surface area (Å²) in [6.07, 6.45) is 2.51. The van der Waals surface area contributed by atoms with Gasteiger partial charge in [-0.25, -0.2) is 0 Å². The summed E-state index contributed by atoms with van der Waals surface area (Å²) in [5, 5.41) is 1.97. The second kappa shape index (κ2) is 5.96. The second-order valence-electron chi connectivity index (χ2n) is 7.11. The molecule has 1 atom stereocenters. The molecule has 21 heavy (non-hydrogen) atoms. The highest BCUT2D eigenvalue weighted by Crippen LogP contribution is 2.53. The van der Waals surface area contributed by atoms with Gasteiger partial charge in [-0.1, -0.05) is 65.9 Å². The highest BCUT2D eigenvalue weighted by molar-refractivity contribution is 6.59. The fraction of sp³-hybridized carbons (Fsp3) is 0.500. The van der Waals surface area contributed by atoms with Crippen LogP contribution in [0.5, 0.6) is 0 Å². The van der Waals surface area contributed by atoms with E-state index in [1.807, 2.05) is 0 Å². The Balaban J connectivity index is 2.44. The SMILES string of the molecule is CCCC1=C(C)C(C)=C(C)C1(C)[SiH2]c1cc(C)cc(C)c1. The first-order valence-corrected chi connectivity index (χ1v) is 9.66. The quantitative estimate of drug-likeness (QED) is 0.704. The normalized spacial score (nSPS) is 23.0. The first-order chi connectivity index (χ1) is 9.79. The predicted molar refractivity (Wildman–Crippen MR) is 98.4 cm³/mol. The van der Waals surface area contributed by atoms with Crippen LogP contribution in [0.1, 0.15) is 58.6 Å². The maximum absolute atomic E-state index is 2.51. The molecule has 0 aromatic heterocycles. The smallest absolute Gasteiger partial charge is 0.0651 e. The Hall–Kier alpha value is -1.08. The molecule has 114 valence electrons. The van der Waals surface area contributed by atoms with Gasteiger partial charge in [-0.3, -0.25) is 0 Å². The Morgan fingerprint density at radius 3 is 2.00 bits per heavy atom. The van der Waals surface area contributed by atoms with E-state index in [2.05, 4.69) is 66.7 Å². The minimum Gasteiger partial charge on any atom is -0.0651 e.